The highest BCUT2D eigenvalue weighted by Gasteiger charge is 2.58. The Morgan fingerprint density at radius 1 is 1.38 bits per heavy atom. The molecular formula is C27H34FN6O9PS. The number of aliphatic hydroxyl groups is 2. The van der Waals surface area contributed by atoms with Gasteiger partial charge >= 0.3 is 7.75 Å². The number of hydrogen-bond acceptors (Lipinski definition) is 13. The van der Waals surface area contributed by atoms with Crippen molar-refractivity contribution in [2.24, 2.45) is 5.41 Å². The molecule has 1 aromatic carbocycles. The maximum atomic E-state index is 16.1. The molecule has 2 unspecified atom stereocenters. The molecule has 0 aliphatic carbocycles. The summed E-state index contributed by atoms with van der Waals surface area (Å²) in [5, 5.41) is 22.7. The van der Waals surface area contributed by atoms with Crippen molar-refractivity contribution in [2.45, 2.75) is 44.5 Å². The van der Waals surface area contributed by atoms with Crippen molar-refractivity contribution in [1.29, 1.82) is 0 Å². The predicted octanol–water partition coefficient (Wildman–Crippen LogP) is 1.52. The van der Waals surface area contributed by atoms with E-state index in [0.29, 0.717) is 11.3 Å². The molecule has 244 valence electrons. The van der Waals surface area contributed by atoms with Gasteiger partial charge in [0.25, 0.3) is 5.56 Å². The average molecular weight is 669 g/mol. The first kappa shape index (κ1) is 34.5. The van der Waals surface area contributed by atoms with E-state index in [-0.39, 0.29) is 47.7 Å². The standard InChI is InChI=1S/C27H34FN6O9PS/c1-5-27(28)20(36)18(43-23(27)34-15-30-19-21(34)32-25(29)33-22(19)37)13-42-44(39,31-12-16-6-8-17(40-4)9-7-16)41-10-11-45-24(38)26(2,3)14-35/h1,6-9,15,18,20,23,35-36H,10-14H2,2-4H3,(H,31,39)(H3,29,32,33,37)/t18-,20-,23?,27-,44?/m1/s1. The molecular weight excluding hydrogens is 634 g/mol. The molecule has 18 heteroatoms. The Morgan fingerprint density at radius 3 is 2.73 bits per heavy atom. The van der Waals surface area contributed by atoms with E-state index in [1.807, 2.05) is 5.92 Å². The average Bonchev–Trinajstić information content (AvgIpc) is 3.55. The normalized spacial score (nSPS) is 23.1. The number of thioether (sulfide) groups is 1. The second kappa shape index (κ2) is 14.0. The van der Waals surface area contributed by atoms with E-state index >= 15 is 4.39 Å². The van der Waals surface area contributed by atoms with E-state index in [0.717, 1.165) is 22.7 Å². The second-order valence-electron chi connectivity index (χ2n) is 10.6. The highest BCUT2D eigenvalue weighted by atomic mass is 32.2. The van der Waals surface area contributed by atoms with Crippen molar-refractivity contribution in [3.8, 4) is 18.1 Å². The Labute approximate surface area is 261 Å². The molecule has 1 aliphatic rings. The minimum absolute atomic E-state index is 0.0155. The van der Waals surface area contributed by atoms with Crippen LogP contribution in [0, 0.1) is 17.8 Å². The molecule has 0 spiro atoms. The first-order valence-corrected chi connectivity index (χ1v) is 16.1. The lowest BCUT2D eigenvalue weighted by molar-refractivity contribution is -0.119. The highest BCUT2D eigenvalue weighted by molar-refractivity contribution is 8.13. The lowest BCUT2D eigenvalue weighted by atomic mass is 9.97. The van der Waals surface area contributed by atoms with Crippen molar-refractivity contribution in [3.63, 3.8) is 0 Å². The predicted molar refractivity (Wildman–Crippen MR) is 163 cm³/mol. The molecule has 4 rings (SSSR count). The number of rotatable bonds is 14. The van der Waals surface area contributed by atoms with Gasteiger partial charge in [0.15, 0.2) is 22.5 Å². The molecule has 45 heavy (non-hydrogen) atoms. The van der Waals surface area contributed by atoms with Crippen LogP contribution in [0.4, 0.5) is 10.3 Å². The molecule has 0 amide bonds. The summed E-state index contributed by atoms with van der Waals surface area (Å²) in [6.45, 7) is 1.99. The smallest absolute Gasteiger partial charge is 0.405 e. The van der Waals surface area contributed by atoms with Crippen LogP contribution in [0.2, 0.25) is 0 Å². The molecule has 3 heterocycles. The van der Waals surface area contributed by atoms with Gasteiger partial charge in [0.1, 0.15) is 18.0 Å². The Bertz CT molecular complexity index is 1660. The number of alkyl halides is 1. The number of methoxy groups -OCH3 is 1. The molecule has 0 saturated carbocycles. The van der Waals surface area contributed by atoms with Gasteiger partial charge in [-0.05, 0) is 31.5 Å². The van der Waals surface area contributed by atoms with E-state index in [9.17, 15) is 24.4 Å². The van der Waals surface area contributed by atoms with Gasteiger partial charge in [0.2, 0.25) is 11.6 Å². The number of H-pyrrole nitrogens is 1. The minimum Gasteiger partial charge on any atom is -0.497 e. The van der Waals surface area contributed by atoms with Gasteiger partial charge in [-0.2, -0.15) is 4.98 Å². The first-order valence-electron chi connectivity index (χ1n) is 13.5. The van der Waals surface area contributed by atoms with Crippen LogP contribution >= 0.6 is 19.5 Å². The van der Waals surface area contributed by atoms with Crippen LogP contribution in [0.1, 0.15) is 25.6 Å². The summed E-state index contributed by atoms with van der Waals surface area (Å²) in [4.78, 5) is 34.8. The maximum absolute atomic E-state index is 16.1. The zero-order chi connectivity index (χ0) is 33.0. The number of fused-ring (bicyclic) bond motifs is 1. The van der Waals surface area contributed by atoms with Gasteiger partial charge in [-0.25, -0.2) is 19.0 Å². The number of anilines is 1. The van der Waals surface area contributed by atoms with E-state index < -0.39 is 49.4 Å². The van der Waals surface area contributed by atoms with Gasteiger partial charge in [-0.15, -0.1) is 6.42 Å². The fourth-order valence-corrected chi connectivity index (χ4v) is 6.45. The number of aliphatic hydroxyl groups excluding tert-OH is 2. The number of aromatic amines is 1. The van der Waals surface area contributed by atoms with Crippen LogP contribution in [0.15, 0.2) is 35.4 Å². The van der Waals surface area contributed by atoms with E-state index in [2.05, 4.69) is 20.0 Å². The zero-order valence-electron chi connectivity index (χ0n) is 24.6. The van der Waals surface area contributed by atoms with Gasteiger partial charge in [-0.3, -0.25) is 28.2 Å². The van der Waals surface area contributed by atoms with E-state index in [4.69, 9.17) is 30.7 Å². The second-order valence-corrected chi connectivity index (χ2v) is 13.5. The number of nitrogen functional groups attached to an aromatic ring is 1. The number of halogens is 1. The SMILES string of the molecule is C#C[C@]1(F)C(n2cnc3c(=O)[nH]c(N)nc32)O[C@H](COP(=O)(NCc2ccc(OC)cc2)OCCSC(=O)C(C)(C)CO)[C@H]1O. The third-order valence-corrected chi connectivity index (χ3v) is 9.68. The first-order chi connectivity index (χ1) is 21.3. The van der Waals surface area contributed by atoms with Crippen LogP contribution in [0.25, 0.3) is 11.2 Å². The lowest BCUT2D eigenvalue weighted by Gasteiger charge is -2.24. The number of nitrogens with one attached hydrogen (secondary N) is 2. The topological polar surface area (TPSA) is 213 Å². The summed E-state index contributed by atoms with van der Waals surface area (Å²) in [7, 11) is -2.67. The molecule has 1 fully saturated rings. The Morgan fingerprint density at radius 2 is 2.09 bits per heavy atom. The molecule has 3 aromatic rings. The molecule has 0 radical (unpaired) electrons. The zero-order valence-corrected chi connectivity index (χ0v) is 26.3. The van der Waals surface area contributed by atoms with Crippen molar-refractivity contribution < 1.29 is 42.5 Å². The minimum atomic E-state index is -4.19. The van der Waals surface area contributed by atoms with Crippen LogP contribution in [0.3, 0.4) is 0 Å². The number of nitrogens with two attached hydrogens (primary N) is 1. The molecule has 0 bridgehead atoms. The number of carbonyl (C=O) groups is 1. The van der Waals surface area contributed by atoms with Gasteiger partial charge < -0.3 is 25.4 Å². The number of terminal acetylenes is 1. The summed E-state index contributed by atoms with van der Waals surface area (Å²) >= 11 is 0.889. The molecule has 1 saturated heterocycles. The van der Waals surface area contributed by atoms with Crippen LogP contribution < -0.4 is 21.1 Å². The molecule has 6 N–H and O–H groups in total. The van der Waals surface area contributed by atoms with Crippen molar-refractivity contribution in [3.05, 3.63) is 46.5 Å². The Balaban J connectivity index is 1.50. The summed E-state index contributed by atoms with van der Waals surface area (Å²) < 4.78 is 53.0. The summed E-state index contributed by atoms with van der Waals surface area (Å²) in [6.07, 6.45) is 1.40. The number of ether oxygens (including phenoxy) is 2. The summed E-state index contributed by atoms with van der Waals surface area (Å²) in [5.41, 5.74) is 1.52. The molecule has 5 atom stereocenters. The summed E-state index contributed by atoms with van der Waals surface area (Å²) in [5.74, 6) is 2.33. The molecule has 1 aliphatic heterocycles. The van der Waals surface area contributed by atoms with E-state index in [1.54, 1.807) is 38.1 Å². The van der Waals surface area contributed by atoms with Crippen molar-refractivity contribution >= 4 is 41.7 Å². The fraction of sp³-hybridized carbons (Fsp3) is 0.481. The van der Waals surface area contributed by atoms with Crippen molar-refractivity contribution in [1.82, 2.24) is 24.6 Å². The van der Waals surface area contributed by atoms with Crippen molar-refractivity contribution in [2.75, 3.05) is 38.4 Å². The van der Waals surface area contributed by atoms with Gasteiger partial charge in [-0.1, -0.05) is 29.8 Å². The van der Waals surface area contributed by atoms with Gasteiger partial charge in [0.05, 0.1) is 38.7 Å². The van der Waals surface area contributed by atoms with Crippen LogP contribution in [-0.2, 0) is 29.7 Å². The highest BCUT2D eigenvalue weighted by Crippen LogP contribution is 2.47. The Kier molecular flexibility index (Phi) is 10.7. The quantitative estimate of drug-likeness (QED) is 0.0936. The molecule has 2 aromatic heterocycles. The lowest BCUT2D eigenvalue weighted by Crippen LogP contribution is -2.42. The number of nitrogens with zero attached hydrogens (tertiary/aromatic N) is 3. The van der Waals surface area contributed by atoms with Gasteiger partial charge in [0, 0.05) is 12.3 Å². The van der Waals surface area contributed by atoms with Crippen LogP contribution in [-0.4, -0.2) is 85.4 Å². The number of benzene rings is 1. The maximum Gasteiger partial charge on any atom is 0.405 e. The number of aromatic nitrogens is 4. The monoisotopic (exact) mass is 668 g/mol. The number of imidazole rings is 1. The largest absolute Gasteiger partial charge is 0.497 e. The number of hydrogen-bond donors (Lipinski definition) is 5. The number of carbonyl (C=O) groups excluding carboxylic acids is 1. The molecule has 15 nitrogen and oxygen atoms in total. The third kappa shape index (κ3) is 7.56. The Hall–Kier alpha value is -3.33. The van der Waals surface area contributed by atoms with Crippen LogP contribution in [0.5, 0.6) is 5.75 Å². The fourth-order valence-electron chi connectivity index (χ4n) is 4.21. The summed E-state index contributed by atoms with van der Waals surface area (Å²) in [6, 6.07) is 6.85. The third-order valence-electron chi connectivity index (χ3n) is 6.94. The van der Waals surface area contributed by atoms with E-state index in [1.165, 1.54) is 7.11 Å².